The second kappa shape index (κ2) is 8.94. The van der Waals surface area contributed by atoms with Crippen molar-refractivity contribution in [3.05, 3.63) is 76.2 Å². The van der Waals surface area contributed by atoms with E-state index >= 15 is 0 Å². The summed E-state index contributed by atoms with van der Waals surface area (Å²) in [5, 5.41) is 8.53. The first kappa shape index (κ1) is 22.5. The molecule has 2 aromatic heterocycles. The number of fused-ring (bicyclic) bond motifs is 1. The Labute approximate surface area is 205 Å². The fraction of sp³-hybridized carbons (Fsp3) is 0.308. The van der Waals surface area contributed by atoms with Crippen molar-refractivity contribution in [1.29, 1.82) is 0 Å². The first-order chi connectivity index (χ1) is 17.5. The molecule has 0 spiro atoms. The van der Waals surface area contributed by atoms with E-state index in [9.17, 15) is 18.4 Å². The number of hydrogen-bond donors (Lipinski definition) is 1. The molecule has 1 N–H and O–H groups in total. The number of benzene rings is 2. The fourth-order valence-corrected chi connectivity index (χ4v) is 5.17. The predicted octanol–water partition coefficient (Wildman–Crippen LogP) is 3.36. The molecule has 0 aliphatic carbocycles. The molecule has 4 aromatic rings. The molecule has 6 rings (SSSR count). The maximum absolute atomic E-state index is 13.7. The Bertz CT molecular complexity index is 1510. The Balaban J connectivity index is 1.20. The molecule has 10 heteroatoms. The average Bonchev–Trinajstić information content (AvgIpc) is 3.66. The molecule has 0 bridgehead atoms. The normalized spacial score (nSPS) is 18.4. The van der Waals surface area contributed by atoms with Crippen LogP contribution >= 0.6 is 0 Å². The minimum atomic E-state index is -1.03. The smallest absolute Gasteiger partial charge is 0.258 e. The molecule has 2 saturated heterocycles. The quantitative estimate of drug-likeness (QED) is 0.474. The number of nitrogens with one attached hydrogen (secondary N) is 1. The first-order valence-electron chi connectivity index (χ1n) is 12.0. The van der Waals surface area contributed by atoms with E-state index in [1.807, 2.05) is 4.90 Å². The standard InChI is InChI=1S/C26H24F2N6O2/c27-21-12-17-11-20(25(35)29-23(17)13-22(21)28)24-15-34(31-30-24)18-5-3-16(4-6-18)26(36)33-10-7-19(14-33)32-8-1-2-9-32/h3-6,11-13,15,19H,1-2,7-10,14H2,(H,29,35). The predicted molar refractivity (Wildman–Crippen MR) is 130 cm³/mol. The van der Waals surface area contributed by atoms with E-state index in [1.54, 1.807) is 30.5 Å². The highest BCUT2D eigenvalue weighted by atomic mass is 19.2. The third kappa shape index (κ3) is 4.07. The van der Waals surface area contributed by atoms with Gasteiger partial charge in [-0.2, -0.15) is 0 Å². The summed E-state index contributed by atoms with van der Waals surface area (Å²) in [5.41, 5.74) is 1.47. The number of carbonyl (C=O) groups is 1. The minimum absolute atomic E-state index is 0.0221. The second-order valence-corrected chi connectivity index (χ2v) is 9.40. The van der Waals surface area contributed by atoms with Gasteiger partial charge in [-0.15, -0.1) is 5.10 Å². The van der Waals surface area contributed by atoms with Crippen LogP contribution < -0.4 is 5.56 Å². The van der Waals surface area contributed by atoms with Gasteiger partial charge in [0.15, 0.2) is 11.6 Å². The van der Waals surface area contributed by atoms with E-state index in [1.165, 1.54) is 23.6 Å². The number of rotatable bonds is 4. The Kier molecular flexibility index (Phi) is 5.60. The molecule has 1 unspecified atom stereocenters. The van der Waals surface area contributed by atoms with E-state index in [4.69, 9.17) is 0 Å². The molecule has 8 nitrogen and oxygen atoms in total. The van der Waals surface area contributed by atoms with Crippen molar-refractivity contribution in [3.8, 4) is 16.9 Å². The summed E-state index contributed by atoms with van der Waals surface area (Å²) in [6.45, 7) is 3.79. The van der Waals surface area contributed by atoms with Crippen LogP contribution in [-0.2, 0) is 0 Å². The molecule has 2 aromatic carbocycles. The highest BCUT2D eigenvalue weighted by Gasteiger charge is 2.31. The largest absolute Gasteiger partial charge is 0.337 e. The lowest BCUT2D eigenvalue weighted by Crippen LogP contribution is -2.37. The molecule has 1 atom stereocenters. The topological polar surface area (TPSA) is 87.1 Å². The molecule has 0 radical (unpaired) electrons. The zero-order valence-electron chi connectivity index (χ0n) is 19.5. The summed E-state index contributed by atoms with van der Waals surface area (Å²) in [7, 11) is 0. The molecule has 36 heavy (non-hydrogen) atoms. The van der Waals surface area contributed by atoms with Crippen LogP contribution in [0, 0.1) is 11.6 Å². The van der Waals surface area contributed by atoms with Crippen molar-refractivity contribution >= 4 is 16.8 Å². The summed E-state index contributed by atoms with van der Waals surface area (Å²) in [5.74, 6) is -2.01. The maximum atomic E-state index is 13.7. The number of likely N-dealkylation sites (tertiary alicyclic amines) is 2. The summed E-state index contributed by atoms with van der Waals surface area (Å²) in [4.78, 5) is 32.5. The van der Waals surface area contributed by atoms with Crippen LogP contribution in [0.2, 0.25) is 0 Å². The molecule has 1 amide bonds. The molecule has 2 fully saturated rings. The summed E-state index contributed by atoms with van der Waals surface area (Å²) < 4.78 is 28.6. The summed E-state index contributed by atoms with van der Waals surface area (Å²) in [6, 6.07) is 11.0. The SMILES string of the molecule is O=C(c1ccc(-n2cc(-c3cc4cc(F)c(F)cc4[nH]c3=O)nn2)cc1)N1CCC(N2CCCC2)C1. The van der Waals surface area contributed by atoms with Gasteiger partial charge in [-0.3, -0.25) is 14.5 Å². The van der Waals surface area contributed by atoms with Crippen molar-refractivity contribution in [1.82, 2.24) is 29.8 Å². The van der Waals surface area contributed by atoms with Gasteiger partial charge >= 0.3 is 0 Å². The van der Waals surface area contributed by atoms with Gasteiger partial charge in [0, 0.05) is 36.1 Å². The van der Waals surface area contributed by atoms with Gasteiger partial charge < -0.3 is 9.88 Å². The fourth-order valence-electron chi connectivity index (χ4n) is 5.17. The van der Waals surface area contributed by atoms with Crippen molar-refractivity contribution in [2.24, 2.45) is 0 Å². The van der Waals surface area contributed by atoms with E-state index < -0.39 is 17.2 Å². The van der Waals surface area contributed by atoms with Crippen LogP contribution in [0.3, 0.4) is 0 Å². The number of H-pyrrole nitrogens is 1. The molecule has 2 aliphatic heterocycles. The maximum Gasteiger partial charge on any atom is 0.258 e. The van der Waals surface area contributed by atoms with E-state index in [-0.39, 0.29) is 22.7 Å². The van der Waals surface area contributed by atoms with Crippen LogP contribution in [0.5, 0.6) is 0 Å². The van der Waals surface area contributed by atoms with E-state index in [0.29, 0.717) is 22.7 Å². The highest BCUT2D eigenvalue weighted by Crippen LogP contribution is 2.23. The van der Waals surface area contributed by atoms with Crippen molar-refractivity contribution in [3.63, 3.8) is 0 Å². The van der Waals surface area contributed by atoms with Crippen molar-refractivity contribution < 1.29 is 13.6 Å². The lowest BCUT2D eigenvalue weighted by molar-refractivity contribution is 0.0780. The minimum Gasteiger partial charge on any atom is -0.337 e. The van der Waals surface area contributed by atoms with Crippen LogP contribution in [-0.4, -0.2) is 67.9 Å². The van der Waals surface area contributed by atoms with Crippen LogP contribution in [0.1, 0.15) is 29.6 Å². The van der Waals surface area contributed by atoms with Crippen LogP contribution in [0.25, 0.3) is 27.8 Å². The number of aromatic nitrogens is 4. The van der Waals surface area contributed by atoms with Gasteiger partial charge in [0.2, 0.25) is 0 Å². The number of halogens is 2. The van der Waals surface area contributed by atoms with Gasteiger partial charge in [0.05, 0.1) is 23.0 Å². The average molecular weight is 491 g/mol. The lowest BCUT2D eigenvalue weighted by atomic mass is 10.1. The number of carbonyl (C=O) groups excluding carboxylic acids is 1. The number of pyridine rings is 1. The second-order valence-electron chi connectivity index (χ2n) is 9.40. The zero-order chi connectivity index (χ0) is 24.8. The number of aromatic amines is 1. The van der Waals surface area contributed by atoms with Gasteiger partial charge in [-0.25, -0.2) is 13.5 Å². The molecule has 0 saturated carbocycles. The molecule has 4 heterocycles. The molecule has 2 aliphatic rings. The first-order valence-corrected chi connectivity index (χ1v) is 12.0. The molecular weight excluding hydrogens is 466 g/mol. The van der Waals surface area contributed by atoms with Gasteiger partial charge in [-0.1, -0.05) is 5.21 Å². The van der Waals surface area contributed by atoms with Crippen molar-refractivity contribution in [2.45, 2.75) is 25.3 Å². The summed E-state index contributed by atoms with van der Waals surface area (Å²) >= 11 is 0. The molecule has 184 valence electrons. The Morgan fingerprint density at radius 2 is 1.75 bits per heavy atom. The van der Waals surface area contributed by atoms with Gasteiger partial charge in [0.25, 0.3) is 11.5 Å². The lowest BCUT2D eigenvalue weighted by Gasteiger charge is -2.23. The Morgan fingerprint density at radius 1 is 1.00 bits per heavy atom. The Hall–Kier alpha value is -3.92. The third-order valence-electron chi connectivity index (χ3n) is 7.14. The molecular formula is C26H24F2N6O2. The number of hydrogen-bond acceptors (Lipinski definition) is 5. The Morgan fingerprint density at radius 3 is 2.53 bits per heavy atom. The zero-order valence-corrected chi connectivity index (χ0v) is 19.5. The van der Waals surface area contributed by atoms with Crippen LogP contribution in [0.15, 0.2) is 53.5 Å². The van der Waals surface area contributed by atoms with E-state index in [0.717, 1.165) is 44.7 Å². The third-order valence-corrected chi connectivity index (χ3v) is 7.14. The highest BCUT2D eigenvalue weighted by molar-refractivity contribution is 5.94. The number of amides is 1. The number of nitrogens with zero attached hydrogens (tertiary/aromatic N) is 5. The van der Waals surface area contributed by atoms with Gasteiger partial charge in [-0.05, 0) is 68.8 Å². The van der Waals surface area contributed by atoms with Gasteiger partial charge in [0.1, 0.15) is 5.69 Å². The van der Waals surface area contributed by atoms with Crippen LogP contribution in [0.4, 0.5) is 8.78 Å². The van der Waals surface area contributed by atoms with E-state index in [2.05, 4.69) is 20.2 Å². The monoisotopic (exact) mass is 490 g/mol. The summed E-state index contributed by atoms with van der Waals surface area (Å²) in [6.07, 6.45) is 5.07. The van der Waals surface area contributed by atoms with Crippen molar-refractivity contribution in [2.75, 3.05) is 26.2 Å².